The molecule has 7 rings (SSSR count). The second kappa shape index (κ2) is 15.5. The number of benzene rings is 2. The van der Waals surface area contributed by atoms with E-state index in [9.17, 15) is 22.8 Å². The molecular weight excluding hydrogens is 707 g/mol. The first-order valence-electron chi connectivity index (χ1n) is 19.4. The van der Waals surface area contributed by atoms with Gasteiger partial charge in [-0.3, -0.25) is 9.36 Å². The minimum Gasteiger partial charge on any atom is -0.361 e. The van der Waals surface area contributed by atoms with Crippen molar-refractivity contribution in [3.05, 3.63) is 70.8 Å². The van der Waals surface area contributed by atoms with Crippen molar-refractivity contribution < 1.29 is 18.0 Å². The van der Waals surface area contributed by atoms with Gasteiger partial charge in [0, 0.05) is 63.8 Å². The topological polar surface area (TPSA) is 144 Å². The maximum Gasteiger partial charge on any atom is 0.326 e. The Morgan fingerprint density at radius 3 is 2.25 bits per heavy atom. The fourth-order valence-corrected chi connectivity index (χ4v) is 13.6. The van der Waals surface area contributed by atoms with Gasteiger partial charge in [0.05, 0.1) is 11.0 Å². The number of likely N-dealkylation sites (tertiary alicyclic amines) is 3. The standard InChI is InChI=1S/C39H55N7O5SSi/c1-53(2,3)26-25-52(50,51)36(29-11-12-32-28(27-29)13-18-40-32)35(37(47)44-21-14-30(15-22-44)43-19-7-4-8-20-43)42-38(48)45-23-16-31(17-24-45)46-34-10-6-5-9-33(34)41-39(46)49/h5-6,9-13,18,27,30-31,35-36,40H,4,7-8,14-17,19-26H2,1-3H3,(H,41,49)(H,42,48). The molecule has 0 saturated carbocycles. The molecule has 0 bridgehead atoms. The van der Waals surface area contributed by atoms with Crippen LogP contribution in [-0.2, 0) is 14.6 Å². The fourth-order valence-electron chi connectivity index (χ4n) is 8.62. The zero-order valence-electron chi connectivity index (χ0n) is 31.4. The van der Waals surface area contributed by atoms with Gasteiger partial charge in [-0.25, -0.2) is 18.0 Å². The summed E-state index contributed by atoms with van der Waals surface area (Å²) in [4.78, 5) is 54.1. The Kier molecular flexibility index (Phi) is 10.9. The molecule has 2 aromatic carbocycles. The molecule has 3 fully saturated rings. The maximum atomic E-state index is 14.8. The first-order valence-corrected chi connectivity index (χ1v) is 24.9. The zero-order valence-corrected chi connectivity index (χ0v) is 33.2. The molecule has 3 N–H and O–H groups in total. The van der Waals surface area contributed by atoms with Crippen molar-refractivity contribution in [3.8, 4) is 0 Å². The molecule has 2 atom stereocenters. The minimum atomic E-state index is -3.92. The Bertz CT molecular complexity index is 2080. The number of piperidine rings is 3. The Labute approximate surface area is 313 Å². The van der Waals surface area contributed by atoms with Crippen LogP contribution in [0.4, 0.5) is 4.79 Å². The van der Waals surface area contributed by atoms with Crippen LogP contribution in [0.2, 0.25) is 25.7 Å². The van der Waals surface area contributed by atoms with Gasteiger partial charge in [0.25, 0.3) is 0 Å². The Balaban J connectivity index is 1.17. The van der Waals surface area contributed by atoms with Crippen LogP contribution in [0.15, 0.2) is 59.5 Å². The van der Waals surface area contributed by atoms with E-state index >= 15 is 0 Å². The lowest BCUT2D eigenvalue weighted by molar-refractivity contribution is -0.135. The molecule has 0 radical (unpaired) electrons. The van der Waals surface area contributed by atoms with Crippen molar-refractivity contribution >= 4 is 51.8 Å². The number of nitrogens with zero attached hydrogens (tertiary/aromatic N) is 4. The van der Waals surface area contributed by atoms with Crippen LogP contribution in [0, 0.1) is 0 Å². The van der Waals surface area contributed by atoms with Gasteiger partial charge in [-0.1, -0.05) is 44.3 Å². The lowest BCUT2D eigenvalue weighted by atomic mass is 9.97. The first kappa shape index (κ1) is 37.4. The highest BCUT2D eigenvalue weighted by Crippen LogP contribution is 2.34. The fraction of sp³-hybridized carbons (Fsp3) is 0.564. The molecule has 3 aliphatic rings. The summed E-state index contributed by atoms with van der Waals surface area (Å²) in [6.45, 7) is 10.4. The van der Waals surface area contributed by atoms with Gasteiger partial charge in [-0.2, -0.15) is 0 Å². The van der Waals surface area contributed by atoms with E-state index in [1.165, 1.54) is 19.3 Å². The number of carbonyl (C=O) groups is 2. The number of carbonyl (C=O) groups excluding carboxylic acids is 2. The van der Waals surface area contributed by atoms with Crippen molar-refractivity contribution in [1.29, 1.82) is 0 Å². The van der Waals surface area contributed by atoms with Gasteiger partial charge in [-0.05, 0) is 98.9 Å². The highest BCUT2D eigenvalue weighted by atomic mass is 32.2. The van der Waals surface area contributed by atoms with E-state index in [4.69, 9.17) is 0 Å². The monoisotopic (exact) mass is 761 g/mol. The predicted molar refractivity (Wildman–Crippen MR) is 213 cm³/mol. The van der Waals surface area contributed by atoms with E-state index in [0.717, 1.165) is 47.9 Å². The Morgan fingerprint density at radius 2 is 1.53 bits per heavy atom. The van der Waals surface area contributed by atoms with E-state index in [2.05, 4.69) is 39.8 Å². The highest BCUT2D eigenvalue weighted by Gasteiger charge is 2.44. The van der Waals surface area contributed by atoms with Gasteiger partial charge in [-0.15, -0.1) is 0 Å². The molecule has 3 aliphatic heterocycles. The number of para-hydroxylation sites is 2. The number of H-pyrrole nitrogens is 2. The van der Waals surface area contributed by atoms with Gasteiger partial charge in [0.1, 0.15) is 11.3 Å². The molecule has 0 spiro atoms. The third kappa shape index (κ3) is 8.29. The van der Waals surface area contributed by atoms with Gasteiger partial charge < -0.3 is 30.0 Å². The molecule has 286 valence electrons. The molecule has 3 saturated heterocycles. The van der Waals surface area contributed by atoms with Crippen molar-refractivity contribution in [2.75, 3.05) is 45.0 Å². The summed E-state index contributed by atoms with van der Waals surface area (Å²) in [7, 11) is -5.70. The normalized spacial score (nSPS) is 19.8. The summed E-state index contributed by atoms with van der Waals surface area (Å²) in [5, 5.41) is 2.62. The summed E-state index contributed by atoms with van der Waals surface area (Å²) < 4.78 is 31.1. The van der Waals surface area contributed by atoms with Crippen LogP contribution >= 0.6 is 0 Å². The van der Waals surface area contributed by atoms with E-state index in [1.807, 2.05) is 48.7 Å². The summed E-state index contributed by atoms with van der Waals surface area (Å²) in [6.07, 6.45) is 8.24. The van der Waals surface area contributed by atoms with Gasteiger partial charge in [0.15, 0.2) is 9.84 Å². The average Bonchev–Trinajstić information content (AvgIpc) is 3.77. The molecule has 0 aliphatic carbocycles. The molecular formula is C39H55N7O5SSi. The number of hydrogen-bond acceptors (Lipinski definition) is 6. The summed E-state index contributed by atoms with van der Waals surface area (Å²) in [6, 6.07) is 14.1. The molecule has 53 heavy (non-hydrogen) atoms. The number of imidazole rings is 1. The number of aromatic nitrogens is 3. The second-order valence-electron chi connectivity index (χ2n) is 16.5. The number of aromatic amines is 2. The third-order valence-electron chi connectivity index (χ3n) is 11.7. The number of urea groups is 1. The molecule has 3 amide bonds. The maximum absolute atomic E-state index is 14.8. The quantitative estimate of drug-likeness (QED) is 0.182. The average molecular weight is 762 g/mol. The molecule has 2 unspecified atom stereocenters. The van der Waals surface area contributed by atoms with E-state index < -0.39 is 35.2 Å². The zero-order chi connectivity index (χ0) is 37.3. The van der Waals surface area contributed by atoms with Crippen molar-refractivity contribution in [2.24, 2.45) is 0 Å². The SMILES string of the molecule is C[Si](C)(C)CCS(=O)(=O)C(c1ccc2[nH]ccc2c1)C(NC(=O)N1CCC(n2c(=O)[nH]c3ccccc32)CC1)C(=O)N1CCC(N2CCCCC2)CC1. The molecule has 4 aromatic rings. The highest BCUT2D eigenvalue weighted by molar-refractivity contribution is 7.91. The number of nitrogens with one attached hydrogen (secondary N) is 3. The van der Waals surface area contributed by atoms with Crippen molar-refractivity contribution in [2.45, 2.75) is 94.0 Å². The number of fused-ring (bicyclic) bond motifs is 2. The second-order valence-corrected chi connectivity index (χ2v) is 24.4. The number of hydrogen-bond donors (Lipinski definition) is 3. The molecule has 14 heteroatoms. The number of rotatable bonds is 10. The summed E-state index contributed by atoms with van der Waals surface area (Å²) >= 11 is 0. The molecule has 12 nitrogen and oxygen atoms in total. The summed E-state index contributed by atoms with van der Waals surface area (Å²) in [5.74, 6) is -0.397. The Morgan fingerprint density at radius 1 is 0.849 bits per heavy atom. The largest absolute Gasteiger partial charge is 0.361 e. The molecule has 2 aromatic heterocycles. The van der Waals surface area contributed by atoms with Gasteiger partial charge in [0.2, 0.25) is 5.91 Å². The van der Waals surface area contributed by atoms with E-state index in [1.54, 1.807) is 20.4 Å². The summed E-state index contributed by atoms with van der Waals surface area (Å²) in [5.41, 5.74) is 2.82. The smallest absolute Gasteiger partial charge is 0.326 e. The lowest BCUT2D eigenvalue weighted by Gasteiger charge is -2.42. The molecule has 5 heterocycles. The van der Waals surface area contributed by atoms with Crippen molar-refractivity contribution in [1.82, 2.24) is 34.6 Å². The van der Waals surface area contributed by atoms with Crippen molar-refractivity contribution in [3.63, 3.8) is 0 Å². The first-order chi connectivity index (χ1) is 25.4. The van der Waals surface area contributed by atoms with Crippen LogP contribution in [-0.4, -0.2) is 115 Å². The van der Waals surface area contributed by atoms with Crippen LogP contribution in [0.1, 0.15) is 61.8 Å². The van der Waals surface area contributed by atoms with E-state index in [0.29, 0.717) is 56.7 Å². The van der Waals surface area contributed by atoms with Crippen LogP contribution in [0.5, 0.6) is 0 Å². The predicted octanol–water partition coefficient (Wildman–Crippen LogP) is 5.50. The number of amides is 3. The third-order valence-corrected chi connectivity index (χ3v) is 15.9. The van der Waals surface area contributed by atoms with Crippen LogP contribution < -0.4 is 11.0 Å². The Hall–Kier alpha value is -3.88. The lowest BCUT2D eigenvalue weighted by Crippen LogP contribution is -2.58. The van der Waals surface area contributed by atoms with Crippen LogP contribution in [0.3, 0.4) is 0 Å². The van der Waals surface area contributed by atoms with Gasteiger partial charge >= 0.3 is 11.7 Å². The van der Waals surface area contributed by atoms with Crippen LogP contribution in [0.25, 0.3) is 21.9 Å². The minimum absolute atomic E-state index is 0.0555. The number of sulfone groups is 1. The van der Waals surface area contributed by atoms with E-state index in [-0.39, 0.29) is 23.4 Å².